The van der Waals surface area contributed by atoms with E-state index in [1.165, 1.54) is 4.31 Å². The molecule has 2 rings (SSSR count). The van der Waals surface area contributed by atoms with Gasteiger partial charge < -0.3 is 9.73 Å². The van der Waals surface area contributed by atoms with E-state index in [9.17, 15) is 8.42 Å². The van der Waals surface area contributed by atoms with Crippen molar-refractivity contribution >= 4 is 10.0 Å². The molecular weight excluding hydrogens is 288 g/mol. The zero-order valence-electron chi connectivity index (χ0n) is 12.6. The molecule has 116 valence electrons. The fraction of sp³-hybridized carbons (Fsp3) is 0.600. The molecule has 0 radical (unpaired) electrons. The highest BCUT2D eigenvalue weighted by atomic mass is 32.2. The van der Waals surface area contributed by atoms with E-state index in [1.807, 2.05) is 6.92 Å². The Balaban J connectivity index is 2.23. The summed E-state index contributed by atoms with van der Waals surface area (Å²) in [6.07, 6.45) is 7.47. The van der Waals surface area contributed by atoms with Gasteiger partial charge in [-0.15, -0.1) is 6.42 Å². The lowest BCUT2D eigenvalue weighted by atomic mass is 10.4. The van der Waals surface area contributed by atoms with Crippen LogP contribution in [0.15, 0.2) is 15.4 Å². The molecule has 1 aliphatic carbocycles. The highest BCUT2D eigenvalue weighted by molar-refractivity contribution is 7.89. The molecule has 0 aromatic carbocycles. The Kier molecular flexibility index (Phi) is 5.09. The second kappa shape index (κ2) is 6.65. The van der Waals surface area contributed by atoms with Crippen LogP contribution in [-0.2, 0) is 16.6 Å². The first-order chi connectivity index (χ1) is 9.98. The van der Waals surface area contributed by atoms with E-state index in [0.717, 1.165) is 19.4 Å². The summed E-state index contributed by atoms with van der Waals surface area (Å²) in [5.74, 6) is 3.93. The standard InChI is InChI=1S/C15H22N2O3S/c1-4-8-17(11-13-6-7-13)21(18,19)15-9-14(10-16-5-2)20-12(15)3/h1,9,13,16H,5-8,10-11H2,2-3H3. The van der Waals surface area contributed by atoms with E-state index in [1.54, 1.807) is 13.0 Å². The molecule has 0 saturated heterocycles. The van der Waals surface area contributed by atoms with Gasteiger partial charge in [-0.25, -0.2) is 8.42 Å². The quantitative estimate of drug-likeness (QED) is 0.743. The van der Waals surface area contributed by atoms with Crippen molar-refractivity contribution < 1.29 is 12.8 Å². The summed E-state index contributed by atoms with van der Waals surface area (Å²) in [7, 11) is -3.58. The Morgan fingerprint density at radius 1 is 1.52 bits per heavy atom. The number of nitrogens with one attached hydrogen (secondary N) is 1. The molecule has 0 bridgehead atoms. The summed E-state index contributed by atoms with van der Waals surface area (Å²) in [5.41, 5.74) is 0. The van der Waals surface area contributed by atoms with Crippen LogP contribution in [0.25, 0.3) is 0 Å². The van der Waals surface area contributed by atoms with Crippen LogP contribution in [0.2, 0.25) is 0 Å². The molecule has 5 nitrogen and oxygen atoms in total. The lowest BCUT2D eigenvalue weighted by molar-refractivity contribution is 0.425. The topological polar surface area (TPSA) is 62.6 Å². The fourth-order valence-electron chi connectivity index (χ4n) is 2.19. The van der Waals surface area contributed by atoms with Crippen LogP contribution in [0.4, 0.5) is 0 Å². The molecule has 0 unspecified atom stereocenters. The third-order valence-corrected chi connectivity index (χ3v) is 5.44. The van der Waals surface area contributed by atoms with Crippen LogP contribution >= 0.6 is 0 Å². The number of hydrogen-bond donors (Lipinski definition) is 1. The van der Waals surface area contributed by atoms with Gasteiger partial charge in [-0.05, 0) is 32.2 Å². The first-order valence-corrected chi connectivity index (χ1v) is 8.66. The molecular formula is C15H22N2O3S. The molecule has 1 saturated carbocycles. The van der Waals surface area contributed by atoms with Gasteiger partial charge >= 0.3 is 0 Å². The van der Waals surface area contributed by atoms with Crippen molar-refractivity contribution in [3.05, 3.63) is 17.6 Å². The molecule has 1 heterocycles. The van der Waals surface area contributed by atoms with Gasteiger partial charge in [-0.1, -0.05) is 12.8 Å². The van der Waals surface area contributed by atoms with Crippen molar-refractivity contribution in [1.29, 1.82) is 0 Å². The summed E-state index contributed by atoms with van der Waals surface area (Å²) in [6, 6.07) is 1.60. The number of terminal acetylenes is 1. The summed E-state index contributed by atoms with van der Waals surface area (Å²) in [5, 5.41) is 3.12. The number of hydrogen-bond acceptors (Lipinski definition) is 4. The summed E-state index contributed by atoms with van der Waals surface area (Å²) in [6.45, 7) is 5.58. The maximum atomic E-state index is 12.7. The number of sulfonamides is 1. The SMILES string of the molecule is C#CCN(CC1CC1)S(=O)(=O)c1cc(CNCC)oc1C. The van der Waals surface area contributed by atoms with Gasteiger partial charge in [0.25, 0.3) is 0 Å². The second-order valence-electron chi connectivity index (χ2n) is 5.36. The zero-order chi connectivity index (χ0) is 15.5. The van der Waals surface area contributed by atoms with E-state index in [4.69, 9.17) is 10.8 Å². The van der Waals surface area contributed by atoms with Gasteiger partial charge in [-0.2, -0.15) is 4.31 Å². The smallest absolute Gasteiger partial charge is 0.247 e. The molecule has 21 heavy (non-hydrogen) atoms. The largest absolute Gasteiger partial charge is 0.464 e. The van der Waals surface area contributed by atoms with Crippen molar-refractivity contribution in [2.24, 2.45) is 5.92 Å². The molecule has 6 heteroatoms. The van der Waals surface area contributed by atoms with E-state index in [0.29, 0.717) is 30.5 Å². The molecule has 1 aliphatic rings. The predicted octanol–water partition coefficient (Wildman–Crippen LogP) is 1.73. The third kappa shape index (κ3) is 3.88. The van der Waals surface area contributed by atoms with Crippen LogP contribution in [-0.4, -0.2) is 32.4 Å². The fourth-order valence-corrected chi connectivity index (χ4v) is 3.81. The molecule has 1 aromatic rings. The van der Waals surface area contributed by atoms with Gasteiger partial charge in [0.05, 0.1) is 13.1 Å². The maximum Gasteiger partial charge on any atom is 0.247 e. The van der Waals surface area contributed by atoms with Gasteiger partial charge in [0.15, 0.2) is 0 Å². The highest BCUT2D eigenvalue weighted by Crippen LogP contribution is 2.32. The monoisotopic (exact) mass is 310 g/mol. The lowest BCUT2D eigenvalue weighted by Crippen LogP contribution is -2.33. The van der Waals surface area contributed by atoms with E-state index in [2.05, 4.69) is 11.2 Å². The molecule has 1 fully saturated rings. The van der Waals surface area contributed by atoms with Crippen LogP contribution in [0.3, 0.4) is 0 Å². The Labute approximate surface area is 126 Å². The van der Waals surface area contributed by atoms with Gasteiger partial charge in [-0.3, -0.25) is 0 Å². The minimum atomic E-state index is -3.58. The second-order valence-corrected chi connectivity index (χ2v) is 7.26. The normalized spacial score (nSPS) is 15.3. The van der Waals surface area contributed by atoms with E-state index in [-0.39, 0.29) is 11.4 Å². The Morgan fingerprint density at radius 3 is 2.81 bits per heavy atom. The van der Waals surface area contributed by atoms with Crippen molar-refractivity contribution in [3.8, 4) is 12.3 Å². The minimum Gasteiger partial charge on any atom is -0.464 e. The number of furan rings is 1. The summed E-state index contributed by atoms with van der Waals surface area (Å²) in [4.78, 5) is 0.228. The van der Waals surface area contributed by atoms with Crippen LogP contribution < -0.4 is 5.32 Å². The van der Waals surface area contributed by atoms with Gasteiger partial charge in [0, 0.05) is 12.6 Å². The average Bonchev–Trinajstić information content (AvgIpc) is 3.17. The van der Waals surface area contributed by atoms with Gasteiger partial charge in [0.2, 0.25) is 10.0 Å². The molecule has 0 spiro atoms. The molecule has 1 aromatic heterocycles. The molecule has 0 atom stereocenters. The van der Waals surface area contributed by atoms with Crippen LogP contribution in [0, 0.1) is 25.2 Å². The zero-order valence-corrected chi connectivity index (χ0v) is 13.4. The number of aryl methyl sites for hydroxylation is 1. The van der Waals surface area contributed by atoms with Crippen LogP contribution in [0.1, 0.15) is 31.3 Å². The molecule has 0 amide bonds. The predicted molar refractivity (Wildman–Crippen MR) is 81.1 cm³/mol. The van der Waals surface area contributed by atoms with Crippen LogP contribution in [0.5, 0.6) is 0 Å². The minimum absolute atomic E-state index is 0.103. The Bertz CT molecular complexity index is 624. The first kappa shape index (κ1) is 16.1. The Morgan fingerprint density at radius 2 is 2.24 bits per heavy atom. The van der Waals surface area contributed by atoms with Crippen molar-refractivity contribution in [2.75, 3.05) is 19.6 Å². The Hall–Kier alpha value is -1.29. The van der Waals surface area contributed by atoms with Crippen molar-refractivity contribution in [2.45, 2.75) is 38.1 Å². The van der Waals surface area contributed by atoms with Gasteiger partial charge in [0.1, 0.15) is 16.4 Å². The third-order valence-electron chi connectivity index (χ3n) is 3.52. The summed E-state index contributed by atoms with van der Waals surface area (Å²) >= 11 is 0. The molecule has 0 aliphatic heterocycles. The maximum absolute atomic E-state index is 12.7. The lowest BCUT2D eigenvalue weighted by Gasteiger charge is -2.19. The first-order valence-electron chi connectivity index (χ1n) is 7.22. The highest BCUT2D eigenvalue weighted by Gasteiger charge is 2.33. The number of rotatable bonds is 8. The summed E-state index contributed by atoms with van der Waals surface area (Å²) < 4.78 is 32.4. The van der Waals surface area contributed by atoms with E-state index < -0.39 is 10.0 Å². The van der Waals surface area contributed by atoms with E-state index >= 15 is 0 Å². The number of nitrogens with zero attached hydrogens (tertiary/aromatic N) is 1. The van der Waals surface area contributed by atoms with Crippen molar-refractivity contribution in [3.63, 3.8) is 0 Å². The average molecular weight is 310 g/mol. The van der Waals surface area contributed by atoms with Crippen molar-refractivity contribution in [1.82, 2.24) is 9.62 Å². The molecule has 1 N–H and O–H groups in total.